The van der Waals surface area contributed by atoms with E-state index in [4.69, 9.17) is 25.4 Å². The van der Waals surface area contributed by atoms with Crippen LogP contribution in [0, 0.1) is 22.7 Å². The van der Waals surface area contributed by atoms with Crippen molar-refractivity contribution in [3.05, 3.63) is 0 Å². The lowest BCUT2D eigenvalue weighted by atomic mass is 9.57. The molecule has 0 aliphatic carbocycles. The Morgan fingerprint density at radius 1 is 1.04 bits per heavy atom. The van der Waals surface area contributed by atoms with Gasteiger partial charge in [0.05, 0.1) is 24.9 Å². The molecule has 0 aliphatic rings. The van der Waals surface area contributed by atoms with Gasteiger partial charge in [0.2, 0.25) is 0 Å². The van der Waals surface area contributed by atoms with E-state index in [-0.39, 0.29) is 32.8 Å². The summed E-state index contributed by atoms with van der Waals surface area (Å²) < 4.78 is 10.2. The molecular formula is C19H35NO7. The van der Waals surface area contributed by atoms with E-state index >= 15 is 0 Å². The average Bonchev–Trinajstić information content (AvgIpc) is 2.57. The molecule has 0 aromatic heterocycles. The van der Waals surface area contributed by atoms with Crippen molar-refractivity contribution in [2.75, 3.05) is 26.4 Å². The van der Waals surface area contributed by atoms with Gasteiger partial charge in [0, 0.05) is 6.54 Å². The van der Waals surface area contributed by atoms with Gasteiger partial charge in [0.1, 0.15) is 13.2 Å². The van der Waals surface area contributed by atoms with Crippen molar-refractivity contribution < 1.29 is 34.1 Å². The first-order chi connectivity index (χ1) is 12.4. The number of carboxylic acids is 1. The number of carbonyl (C=O) groups excluding carboxylic acids is 2. The molecule has 0 aromatic rings. The van der Waals surface area contributed by atoms with E-state index in [1.165, 1.54) is 0 Å². The summed E-state index contributed by atoms with van der Waals surface area (Å²) in [6.07, 6.45) is 0.683. The van der Waals surface area contributed by atoms with Crippen molar-refractivity contribution in [2.24, 2.45) is 28.4 Å². The molecule has 0 saturated heterocycles. The fourth-order valence-electron chi connectivity index (χ4n) is 3.19. The summed E-state index contributed by atoms with van der Waals surface area (Å²) in [4.78, 5) is 35.3. The molecule has 0 amide bonds. The number of aliphatic hydroxyl groups is 1. The number of aliphatic carboxylic acids is 1. The summed E-state index contributed by atoms with van der Waals surface area (Å²) in [5.74, 6) is -2.95. The van der Waals surface area contributed by atoms with Gasteiger partial charge in [-0.2, -0.15) is 0 Å². The molecule has 2 unspecified atom stereocenters. The van der Waals surface area contributed by atoms with Crippen LogP contribution in [0.3, 0.4) is 0 Å². The van der Waals surface area contributed by atoms with Gasteiger partial charge in [-0.1, -0.05) is 34.6 Å². The van der Waals surface area contributed by atoms with Crippen LogP contribution in [0.2, 0.25) is 0 Å². The van der Waals surface area contributed by atoms with Crippen LogP contribution in [-0.2, 0) is 23.9 Å². The summed E-state index contributed by atoms with van der Waals surface area (Å²) in [5, 5.41) is 17.5. The van der Waals surface area contributed by atoms with Crippen LogP contribution in [0.1, 0.15) is 53.9 Å². The molecule has 27 heavy (non-hydrogen) atoms. The largest absolute Gasteiger partial charge is 0.481 e. The summed E-state index contributed by atoms with van der Waals surface area (Å²) in [6, 6.07) is 0. The monoisotopic (exact) mass is 389 g/mol. The second-order valence-electron chi connectivity index (χ2n) is 7.91. The number of carbonyl (C=O) groups is 3. The zero-order chi connectivity index (χ0) is 21.3. The topological polar surface area (TPSA) is 136 Å². The highest BCUT2D eigenvalue weighted by molar-refractivity contribution is 5.74. The number of ether oxygens (including phenoxy) is 2. The fraction of sp³-hybridized carbons (Fsp3) is 0.842. The lowest BCUT2D eigenvalue weighted by Gasteiger charge is -2.47. The maximum absolute atomic E-state index is 12.5. The van der Waals surface area contributed by atoms with E-state index in [0.717, 1.165) is 0 Å². The van der Waals surface area contributed by atoms with Crippen molar-refractivity contribution in [1.82, 2.24) is 0 Å². The highest BCUT2D eigenvalue weighted by atomic mass is 16.5. The van der Waals surface area contributed by atoms with E-state index in [0.29, 0.717) is 12.8 Å². The molecule has 0 fully saturated rings. The molecule has 0 saturated carbocycles. The molecule has 8 nitrogen and oxygen atoms in total. The third-order valence-corrected chi connectivity index (χ3v) is 5.58. The van der Waals surface area contributed by atoms with Gasteiger partial charge in [-0.3, -0.25) is 14.4 Å². The highest BCUT2D eigenvalue weighted by Gasteiger charge is 2.47. The van der Waals surface area contributed by atoms with Crippen LogP contribution in [0.25, 0.3) is 0 Å². The molecule has 2 atom stereocenters. The first kappa shape index (κ1) is 25.3. The van der Waals surface area contributed by atoms with E-state index in [1.807, 2.05) is 34.6 Å². The van der Waals surface area contributed by atoms with Gasteiger partial charge in [-0.25, -0.2) is 0 Å². The summed E-state index contributed by atoms with van der Waals surface area (Å²) in [5.41, 5.74) is 4.73. The standard InChI is InChI=1S/C19H35NO7/c1-6-14(17(25)26-9-7-15(22)23)19(4,5)18(2,3)11-13(12-20)16(24)27-10-8-21/h13-14,21H,6-12,20H2,1-5H3,(H,22,23). The molecule has 158 valence electrons. The predicted molar refractivity (Wildman–Crippen MR) is 99.8 cm³/mol. The van der Waals surface area contributed by atoms with Crippen LogP contribution in [-0.4, -0.2) is 54.5 Å². The van der Waals surface area contributed by atoms with Crippen LogP contribution in [0.4, 0.5) is 0 Å². The van der Waals surface area contributed by atoms with Crippen molar-refractivity contribution in [3.63, 3.8) is 0 Å². The number of aliphatic hydroxyl groups excluding tert-OH is 1. The molecule has 0 rings (SSSR count). The summed E-state index contributed by atoms with van der Waals surface area (Å²) in [7, 11) is 0. The Bertz CT molecular complexity index is 502. The van der Waals surface area contributed by atoms with E-state index in [9.17, 15) is 14.4 Å². The first-order valence-corrected chi connectivity index (χ1v) is 9.30. The molecule has 0 heterocycles. The minimum atomic E-state index is -1.03. The first-order valence-electron chi connectivity index (χ1n) is 9.30. The summed E-state index contributed by atoms with van der Waals surface area (Å²) >= 11 is 0. The second-order valence-corrected chi connectivity index (χ2v) is 7.91. The Hall–Kier alpha value is -1.67. The second kappa shape index (κ2) is 11.2. The van der Waals surface area contributed by atoms with Crippen LogP contribution >= 0.6 is 0 Å². The van der Waals surface area contributed by atoms with Crippen LogP contribution in [0.5, 0.6) is 0 Å². The summed E-state index contributed by atoms with van der Waals surface area (Å²) in [6.45, 7) is 9.27. The molecule has 8 heteroatoms. The van der Waals surface area contributed by atoms with Gasteiger partial charge < -0.3 is 25.4 Å². The van der Waals surface area contributed by atoms with Gasteiger partial charge in [0.25, 0.3) is 0 Å². The minimum Gasteiger partial charge on any atom is -0.481 e. The Kier molecular flexibility index (Phi) is 10.5. The molecule has 0 aliphatic heterocycles. The highest BCUT2D eigenvalue weighted by Crippen LogP contribution is 2.49. The molecule has 0 radical (unpaired) electrons. The van der Waals surface area contributed by atoms with Crippen molar-refractivity contribution in [2.45, 2.75) is 53.9 Å². The Morgan fingerprint density at radius 2 is 1.59 bits per heavy atom. The number of carboxylic acid groups (broad SMARTS) is 1. The molecule has 4 N–H and O–H groups in total. The SMILES string of the molecule is CCC(C(=O)OCCC(=O)O)C(C)(C)C(C)(C)CC(CN)C(=O)OCCO. The smallest absolute Gasteiger partial charge is 0.310 e. The number of esters is 2. The van der Waals surface area contributed by atoms with Gasteiger partial charge >= 0.3 is 17.9 Å². The third kappa shape index (κ3) is 7.46. The normalized spacial score (nSPS) is 14.3. The zero-order valence-electron chi connectivity index (χ0n) is 17.1. The van der Waals surface area contributed by atoms with Crippen LogP contribution in [0.15, 0.2) is 0 Å². The van der Waals surface area contributed by atoms with Gasteiger partial charge in [-0.05, 0) is 23.7 Å². The minimum absolute atomic E-state index is 0.0767. The lowest BCUT2D eigenvalue weighted by molar-refractivity contribution is -0.159. The molecule has 0 aromatic carbocycles. The Morgan fingerprint density at radius 3 is 2.04 bits per heavy atom. The zero-order valence-corrected chi connectivity index (χ0v) is 17.1. The number of hydrogen-bond acceptors (Lipinski definition) is 7. The van der Waals surface area contributed by atoms with Crippen LogP contribution < -0.4 is 5.73 Å². The maximum atomic E-state index is 12.5. The van der Waals surface area contributed by atoms with Crippen molar-refractivity contribution in [3.8, 4) is 0 Å². The van der Waals surface area contributed by atoms with Gasteiger partial charge in [-0.15, -0.1) is 0 Å². The lowest BCUT2D eigenvalue weighted by Crippen LogP contribution is -2.45. The molecular weight excluding hydrogens is 354 g/mol. The van der Waals surface area contributed by atoms with E-state index in [2.05, 4.69) is 0 Å². The Labute approximate surface area is 161 Å². The third-order valence-electron chi connectivity index (χ3n) is 5.58. The molecule has 0 spiro atoms. The van der Waals surface area contributed by atoms with Crippen molar-refractivity contribution in [1.29, 1.82) is 0 Å². The maximum Gasteiger partial charge on any atom is 0.310 e. The average molecular weight is 389 g/mol. The number of hydrogen-bond donors (Lipinski definition) is 3. The van der Waals surface area contributed by atoms with E-state index < -0.39 is 40.6 Å². The van der Waals surface area contributed by atoms with Gasteiger partial charge in [0.15, 0.2) is 0 Å². The predicted octanol–water partition coefficient (Wildman–Crippen LogP) is 1.58. The quantitative estimate of drug-likeness (QED) is 0.404. The number of rotatable bonds is 13. The number of nitrogens with two attached hydrogens (primary N) is 1. The Balaban J connectivity index is 5.24. The fourth-order valence-corrected chi connectivity index (χ4v) is 3.19. The van der Waals surface area contributed by atoms with Crippen molar-refractivity contribution >= 4 is 17.9 Å². The molecule has 0 bridgehead atoms. The van der Waals surface area contributed by atoms with E-state index in [1.54, 1.807) is 0 Å².